The molecule has 19 aliphatic rings. The monoisotopic (exact) mass is 2070 g/mol. The molecule has 4 bridgehead atoms. The zero-order valence-corrected chi connectivity index (χ0v) is 102. The molecule has 0 radical (unpaired) electrons. The van der Waals surface area contributed by atoms with E-state index in [4.69, 9.17) is 33.2 Å². The molecular weight excluding hydrogens is 1800 g/mol. The van der Waals surface area contributed by atoms with E-state index in [0.29, 0.717) is 41.7 Å². The first kappa shape index (κ1) is 165. The zero-order chi connectivity index (χ0) is 108. The fourth-order valence-corrected chi connectivity index (χ4v) is 21.6. The van der Waals surface area contributed by atoms with Crippen LogP contribution in [-0.4, -0.2) is 79.4 Å². The van der Waals surface area contributed by atoms with Gasteiger partial charge < -0.3 is 37.7 Å². The number of allylic oxidation sites excluding steroid dienone is 2. The van der Waals surface area contributed by atoms with Gasteiger partial charge in [0.2, 0.25) is 0 Å². The topological polar surface area (TPSA) is 86.6 Å². The average molecular weight is 2070 g/mol. The lowest BCUT2D eigenvalue weighted by Gasteiger charge is -2.35. The lowest BCUT2D eigenvalue weighted by atomic mass is 9.69. The second-order valence-corrected chi connectivity index (χ2v) is 37.8. The Labute approximate surface area is 927 Å². The summed E-state index contributed by atoms with van der Waals surface area (Å²) < 4.78 is 40.1. The molecule has 0 N–H and O–H groups in total. The van der Waals surface area contributed by atoms with Crippen molar-refractivity contribution in [2.24, 2.45) is 71.6 Å². The Balaban J connectivity index is -0.000000149. The van der Waals surface area contributed by atoms with Crippen molar-refractivity contribution in [3.05, 3.63) is 147 Å². The summed E-state index contributed by atoms with van der Waals surface area (Å²) in [4.78, 5) is 11.6. The molecule has 9 unspecified atom stereocenters. The summed E-state index contributed by atoms with van der Waals surface area (Å²) in [6.45, 7) is 86.2. The fraction of sp³-hybridized carbons (Fsp3) is 0.804. The highest BCUT2D eigenvalue weighted by atomic mass is 16.7. The van der Waals surface area contributed by atoms with Crippen LogP contribution in [0.5, 0.6) is 5.75 Å². The van der Waals surface area contributed by atoms with Gasteiger partial charge in [0.1, 0.15) is 11.4 Å². The van der Waals surface area contributed by atoms with Gasteiger partial charge in [0.25, 0.3) is 0 Å². The molecule has 11 aliphatic carbocycles. The average Bonchev–Trinajstić information content (AvgIpc) is 1.51. The molecule has 6 saturated carbocycles. The number of ether oxygens (including phenoxy) is 7. The minimum atomic E-state index is -0.212. The van der Waals surface area contributed by atoms with Crippen LogP contribution in [0.15, 0.2) is 108 Å². The van der Waals surface area contributed by atoms with Crippen LogP contribution in [0.1, 0.15) is 585 Å². The van der Waals surface area contributed by atoms with E-state index < -0.39 is 0 Å². The first-order valence-electron chi connectivity index (χ1n) is 61.8. The minimum absolute atomic E-state index is 0. The molecule has 12 fully saturated rings. The second-order valence-electron chi connectivity index (χ2n) is 37.8. The largest absolute Gasteiger partial charge is 0.493 e. The van der Waals surface area contributed by atoms with Gasteiger partial charge in [-0.2, -0.15) is 0 Å². The van der Waals surface area contributed by atoms with Crippen molar-refractivity contribution in [1.29, 1.82) is 0 Å². The summed E-state index contributed by atoms with van der Waals surface area (Å²) in [5.74, 6) is 9.26. The first-order valence-corrected chi connectivity index (χ1v) is 61.8. The predicted octanol–water partition coefficient (Wildman–Crippen LogP) is 45.0. The van der Waals surface area contributed by atoms with Crippen LogP contribution in [0.3, 0.4) is 0 Å². The SMILES string of the molecule is C.C.C.C.C.C.C1CCC2CCCCC2C1.C1CCC2CCCCC2C1.C1COC1.CC.CC.CC.CC.CC.CC.CC.CC.CC.CC.CC.CC.CC.CC.CC.CC.CC1(C)C2=C1C2.CC1CC2C=CC1O2.CC1CC2CCC1O2.CC1CCC2(CC1)OCCO2.CC1CCCC2C1C(=O)OC2(C)C.Cn1ccc2c1CCCC2.c1ccc2c(c1)CCC2.c1ccc2c(c1)CCCC2.c1ccc2c(c1)CCCO2. The number of nitrogens with zero attached hydrogens (tertiary/aromatic N) is 1. The molecule has 9 heteroatoms. The number of aromatic nitrogens is 1. The first-order chi connectivity index (χ1) is 69.0. The maximum absolute atomic E-state index is 11.6. The molecular formula is C138H271NO8. The quantitative estimate of drug-likeness (QED) is 0.127. The third kappa shape index (κ3) is 63.3. The van der Waals surface area contributed by atoms with E-state index >= 15 is 0 Å². The highest BCUT2D eigenvalue weighted by Gasteiger charge is 2.56. The number of fused-ring (bicyclic) bond motifs is 11. The highest BCUT2D eigenvalue weighted by molar-refractivity contribution is 5.76. The van der Waals surface area contributed by atoms with Crippen molar-refractivity contribution in [1.82, 2.24) is 4.57 Å². The molecule has 1 aromatic heterocycles. The molecule has 6 saturated heterocycles. The number of benzene rings is 3. The van der Waals surface area contributed by atoms with E-state index in [1.54, 1.807) is 96.0 Å². The maximum Gasteiger partial charge on any atom is 0.310 e. The summed E-state index contributed by atoms with van der Waals surface area (Å²) in [5.41, 5.74) is 14.7. The van der Waals surface area contributed by atoms with Crippen LogP contribution in [0, 0.1) is 64.6 Å². The van der Waals surface area contributed by atoms with E-state index in [1.807, 2.05) is 248 Å². The van der Waals surface area contributed by atoms with E-state index in [-0.39, 0.29) is 67.8 Å². The van der Waals surface area contributed by atoms with E-state index in [2.05, 4.69) is 138 Å². The van der Waals surface area contributed by atoms with Gasteiger partial charge >= 0.3 is 5.97 Å². The molecule has 4 aromatic rings. The van der Waals surface area contributed by atoms with Gasteiger partial charge in [-0.3, -0.25) is 4.79 Å². The van der Waals surface area contributed by atoms with Crippen molar-refractivity contribution >= 4 is 5.97 Å². The summed E-state index contributed by atoms with van der Waals surface area (Å²) >= 11 is 0. The number of para-hydroxylation sites is 1. The molecule has 23 rings (SSSR count). The standard InChI is InChI=1S/C11H18O2.2C10H18.C10H12.C9H13N.C9H16O2.C9H10O.C9H10.C7H12O.C7H10O.C6H8.C3H6O.16C2H6.6CH4/c1-7-5-4-6-8-9(7)10(12)13-11(8,2)3;3*1-2-6-10-8-4-3-7-9(10)5-1;1-10-7-6-8-4-2-3-5-9(8)10;1-8-2-4-9(5-3-8)10-6-7-11-9;1-2-6-9-8(4-1)5-3-7-10-9;1-2-5-9-7-3-6-8(9)4-1;2*1-5-4-6-2-3-7(5)8-6;1-6(2)4-3-5(4)6;1-2-4-3-1;16*1-2;;;;;;/h7-9H,4-6H2,1-3H3;2*9-10H,1-8H2;1-2,5-6H,3-4,7-8H2;6-7H,2-5H2,1H3;8H,2-7H2,1H3;1-2,4,6H,3,5,7H2;1-2,4-5H,3,6-7H2;5-7H,2-4H2,1H3;2-3,5-7H,4H2,1H3;3H2,1-2H3;1-3H2;16*1-2H3;6*1H4. The Morgan fingerprint density at radius 3 is 0.986 bits per heavy atom. The Hall–Kier alpha value is -4.51. The summed E-state index contributed by atoms with van der Waals surface area (Å²) in [5, 5.41) is 0. The van der Waals surface area contributed by atoms with Gasteiger partial charge in [-0.05, 0) is 254 Å². The molecule has 3 aromatic carbocycles. The molecule has 147 heavy (non-hydrogen) atoms. The number of carbonyl (C=O) groups excluding carboxylic acids is 1. The van der Waals surface area contributed by atoms with Gasteiger partial charge in [0.15, 0.2) is 5.79 Å². The Morgan fingerprint density at radius 1 is 0.333 bits per heavy atom. The molecule has 9 heterocycles. The number of esters is 1. The Kier molecular flexibility index (Phi) is 120. The van der Waals surface area contributed by atoms with Crippen LogP contribution in [-0.2, 0) is 85.2 Å². The molecule has 876 valence electrons. The lowest BCUT2D eigenvalue weighted by Crippen LogP contribution is -2.34. The number of hydrogen-bond acceptors (Lipinski definition) is 8. The highest BCUT2D eigenvalue weighted by Crippen LogP contribution is 2.70. The van der Waals surface area contributed by atoms with Gasteiger partial charge in [-0.25, -0.2) is 0 Å². The van der Waals surface area contributed by atoms with E-state index in [9.17, 15) is 4.79 Å². The maximum atomic E-state index is 11.6. The number of hydrogen-bond donors (Lipinski definition) is 0. The van der Waals surface area contributed by atoms with Gasteiger partial charge in [0, 0.05) is 56.3 Å². The Morgan fingerprint density at radius 2 is 0.694 bits per heavy atom. The minimum Gasteiger partial charge on any atom is -0.493 e. The normalized spacial score (nSPS) is 24.3. The molecule has 0 amide bonds. The van der Waals surface area contributed by atoms with Gasteiger partial charge in [-0.1, -0.05) is 507 Å². The van der Waals surface area contributed by atoms with E-state index in [0.717, 1.165) is 106 Å². The predicted molar refractivity (Wildman–Crippen MR) is 670 cm³/mol. The van der Waals surface area contributed by atoms with Crippen LogP contribution in [0.2, 0.25) is 0 Å². The van der Waals surface area contributed by atoms with Crippen molar-refractivity contribution in [3.8, 4) is 5.75 Å². The van der Waals surface area contributed by atoms with Gasteiger partial charge in [0.05, 0.1) is 50.2 Å². The second kappa shape index (κ2) is 107. The number of cyclic esters (lactones) is 1. The van der Waals surface area contributed by atoms with Crippen LogP contribution < -0.4 is 4.74 Å². The van der Waals surface area contributed by atoms with Crippen LogP contribution in [0.25, 0.3) is 0 Å². The fourth-order valence-electron chi connectivity index (χ4n) is 21.6. The van der Waals surface area contributed by atoms with Crippen LogP contribution in [0.4, 0.5) is 0 Å². The van der Waals surface area contributed by atoms with Crippen molar-refractivity contribution in [2.45, 2.75) is 627 Å². The third-order valence-corrected chi connectivity index (χ3v) is 29.1. The molecule has 8 aliphatic heterocycles. The summed E-state index contributed by atoms with van der Waals surface area (Å²) in [7, 11) is 2.14. The summed E-state index contributed by atoms with van der Waals surface area (Å²) in [6.07, 6.45) is 66.7. The molecule has 9 nitrogen and oxygen atoms in total. The zero-order valence-electron chi connectivity index (χ0n) is 102. The smallest absolute Gasteiger partial charge is 0.310 e. The Bertz CT molecular complexity index is 3200. The van der Waals surface area contributed by atoms with Crippen molar-refractivity contribution < 1.29 is 38.0 Å². The van der Waals surface area contributed by atoms with Gasteiger partial charge in [-0.15, -0.1) is 0 Å². The molecule has 1 spiro atoms. The molecule has 9 atom stereocenters. The summed E-state index contributed by atoms with van der Waals surface area (Å²) in [6, 6.07) is 28.0. The van der Waals surface area contributed by atoms with E-state index in [1.165, 1.54) is 198 Å². The lowest BCUT2D eigenvalue weighted by molar-refractivity contribution is -0.181. The number of aryl methyl sites for hydroxylation is 7. The number of rotatable bonds is 0. The number of carbonyl (C=O) groups is 1. The van der Waals surface area contributed by atoms with Crippen molar-refractivity contribution in [2.75, 3.05) is 33.0 Å². The van der Waals surface area contributed by atoms with Crippen molar-refractivity contribution in [3.63, 3.8) is 0 Å². The van der Waals surface area contributed by atoms with Crippen LogP contribution >= 0.6 is 0 Å². The third-order valence-electron chi connectivity index (χ3n) is 29.1.